The molecule has 0 spiro atoms. The number of pyridine rings is 1. The maximum absolute atomic E-state index is 14.3. The van der Waals surface area contributed by atoms with Gasteiger partial charge < -0.3 is 15.5 Å². The van der Waals surface area contributed by atoms with Crippen molar-refractivity contribution in [2.75, 3.05) is 31.1 Å². The van der Waals surface area contributed by atoms with Gasteiger partial charge >= 0.3 is 0 Å². The second kappa shape index (κ2) is 8.35. The number of benzene rings is 2. The van der Waals surface area contributed by atoms with Gasteiger partial charge in [-0.05, 0) is 18.2 Å². The highest BCUT2D eigenvalue weighted by atomic mass is 35.5. The molecule has 8 heteroatoms. The van der Waals surface area contributed by atoms with Gasteiger partial charge in [0.15, 0.2) is 0 Å². The minimum Gasteiger partial charge on any atom is -0.367 e. The standard InChI is InChI=1S/C23H20ClFN4O2/c1-2-19(30)28-9-11-29(12-10-28)22-16-8-7-15(14-5-3-4-6-18(14)25)20(24)21(16)27-13-17(22)23(26)31/h2-8,13H,1,9-12H2,(H2,26,31). The van der Waals surface area contributed by atoms with Crippen LogP contribution >= 0.6 is 11.6 Å². The quantitative estimate of drug-likeness (QED) is 0.631. The summed E-state index contributed by atoms with van der Waals surface area (Å²) in [7, 11) is 0. The van der Waals surface area contributed by atoms with Crippen LogP contribution < -0.4 is 10.6 Å². The van der Waals surface area contributed by atoms with Crippen molar-refractivity contribution < 1.29 is 14.0 Å². The largest absolute Gasteiger partial charge is 0.367 e. The normalized spacial score (nSPS) is 14.0. The number of rotatable bonds is 4. The average Bonchev–Trinajstić information content (AvgIpc) is 2.79. The highest BCUT2D eigenvalue weighted by molar-refractivity contribution is 6.38. The predicted molar refractivity (Wildman–Crippen MR) is 120 cm³/mol. The maximum Gasteiger partial charge on any atom is 0.252 e. The lowest BCUT2D eigenvalue weighted by molar-refractivity contribution is -0.126. The van der Waals surface area contributed by atoms with E-state index < -0.39 is 5.91 Å². The number of hydrogen-bond acceptors (Lipinski definition) is 4. The molecule has 158 valence electrons. The zero-order valence-electron chi connectivity index (χ0n) is 16.6. The van der Waals surface area contributed by atoms with Crippen molar-refractivity contribution in [1.29, 1.82) is 0 Å². The summed E-state index contributed by atoms with van der Waals surface area (Å²) in [4.78, 5) is 32.1. The summed E-state index contributed by atoms with van der Waals surface area (Å²) in [5.74, 6) is -1.13. The average molecular weight is 439 g/mol. The first-order chi connectivity index (χ1) is 14.9. The van der Waals surface area contributed by atoms with E-state index in [1.54, 1.807) is 35.2 Å². The molecule has 0 unspecified atom stereocenters. The van der Waals surface area contributed by atoms with Crippen molar-refractivity contribution in [1.82, 2.24) is 9.88 Å². The van der Waals surface area contributed by atoms with Gasteiger partial charge in [0.1, 0.15) is 5.82 Å². The second-order valence-electron chi connectivity index (χ2n) is 7.20. The Morgan fingerprint density at radius 2 is 1.81 bits per heavy atom. The zero-order valence-corrected chi connectivity index (χ0v) is 17.4. The number of aromatic nitrogens is 1. The van der Waals surface area contributed by atoms with Gasteiger partial charge in [-0.2, -0.15) is 0 Å². The molecule has 1 aromatic heterocycles. The first-order valence-electron chi connectivity index (χ1n) is 9.74. The fraction of sp³-hybridized carbons (Fsp3) is 0.174. The number of halogens is 2. The molecule has 6 nitrogen and oxygen atoms in total. The van der Waals surface area contributed by atoms with E-state index in [4.69, 9.17) is 17.3 Å². The van der Waals surface area contributed by atoms with Crippen LogP contribution in [0.15, 0.2) is 55.3 Å². The van der Waals surface area contributed by atoms with Crippen LogP contribution in [0.4, 0.5) is 10.1 Å². The number of carbonyl (C=O) groups is 2. The van der Waals surface area contributed by atoms with Crippen LogP contribution in [0.5, 0.6) is 0 Å². The molecule has 1 saturated heterocycles. The summed E-state index contributed by atoms with van der Waals surface area (Å²) in [6.07, 6.45) is 2.69. The van der Waals surface area contributed by atoms with Gasteiger partial charge in [0.05, 0.1) is 21.8 Å². The first-order valence-corrected chi connectivity index (χ1v) is 10.1. The van der Waals surface area contributed by atoms with E-state index in [1.165, 1.54) is 18.3 Å². The number of nitrogens with two attached hydrogens (primary N) is 1. The molecule has 2 aromatic carbocycles. The van der Waals surface area contributed by atoms with Crippen LogP contribution in [-0.2, 0) is 4.79 Å². The van der Waals surface area contributed by atoms with Crippen LogP contribution in [0.1, 0.15) is 10.4 Å². The topological polar surface area (TPSA) is 79.5 Å². The van der Waals surface area contributed by atoms with E-state index in [1.807, 2.05) is 4.90 Å². The minimum absolute atomic E-state index is 0.132. The number of carbonyl (C=O) groups excluding carboxylic acids is 2. The third kappa shape index (κ3) is 3.72. The molecule has 4 rings (SSSR count). The van der Waals surface area contributed by atoms with Crippen molar-refractivity contribution in [3.63, 3.8) is 0 Å². The summed E-state index contributed by atoms with van der Waals surface area (Å²) in [5, 5.41) is 0.935. The van der Waals surface area contributed by atoms with Gasteiger partial charge in [-0.25, -0.2) is 4.39 Å². The Bertz CT molecular complexity index is 1210. The fourth-order valence-electron chi connectivity index (χ4n) is 3.91. The maximum atomic E-state index is 14.3. The predicted octanol–water partition coefficient (Wildman–Crippen LogP) is 3.63. The van der Waals surface area contributed by atoms with Gasteiger partial charge in [0.2, 0.25) is 5.91 Å². The molecule has 31 heavy (non-hydrogen) atoms. The molecule has 0 saturated carbocycles. The molecule has 0 radical (unpaired) electrons. The van der Waals surface area contributed by atoms with Crippen LogP contribution in [0.3, 0.4) is 0 Å². The Morgan fingerprint density at radius 3 is 2.45 bits per heavy atom. The van der Waals surface area contributed by atoms with Gasteiger partial charge in [-0.1, -0.05) is 42.4 Å². The Kier molecular flexibility index (Phi) is 5.61. The summed E-state index contributed by atoms with van der Waals surface area (Å²) in [6.45, 7) is 5.50. The Labute approximate surface area is 183 Å². The monoisotopic (exact) mass is 438 g/mol. The number of fused-ring (bicyclic) bond motifs is 1. The molecular weight excluding hydrogens is 419 g/mol. The van der Waals surface area contributed by atoms with Gasteiger partial charge in [0, 0.05) is 48.9 Å². The van der Waals surface area contributed by atoms with Crippen LogP contribution in [-0.4, -0.2) is 47.9 Å². The van der Waals surface area contributed by atoms with E-state index in [0.29, 0.717) is 58.9 Å². The molecule has 2 N–H and O–H groups in total. The number of amides is 2. The van der Waals surface area contributed by atoms with E-state index >= 15 is 0 Å². The summed E-state index contributed by atoms with van der Waals surface area (Å²) in [5.41, 5.74) is 7.84. The first kappa shape index (κ1) is 20.8. The molecule has 1 fully saturated rings. The number of hydrogen-bond donors (Lipinski definition) is 1. The molecule has 0 atom stereocenters. The Balaban J connectivity index is 1.82. The van der Waals surface area contributed by atoms with E-state index in [2.05, 4.69) is 11.6 Å². The SMILES string of the molecule is C=CC(=O)N1CCN(c2c(C(N)=O)cnc3c(Cl)c(-c4ccccc4F)ccc23)CC1. The minimum atomic E-state index is -0.608. The second-order valence-corrected chi connectivity index (χ2v) is 7.58. The van der Waals surface area contributed by atoms with Crippen LogP contribution in [0.25, 0.3) is 22.0 Å². The van der Waals surface area contributed by atoms with E-state index in [9.17, 15) is 14.0 Å². The lowest BCUT2D eigenvalue weighted by Gasteiger charge is -2.36. The van der Waals surface area contributed by atoms with Crippen LogP contribution in [0, 0.1) is 5.82 Å². The lowest BCUT2D eigenvalue weighted by Crippen LogP contribution is -2.48. The van der Waals surface area contributed by atoms with Crippen molar-refractivity contribution in [3.8, 4) is 11.1 Å². The van der Waals surface area contributed by atoms with Gasteiger partial charge in [-0.3, -0.25) is 14.6 Å². The smallest absolute Gasteiger partial charge is 0.252 e. The molecule has 3 aromatic rings. The third-order valence-corrected chi connectivity index (χ3v) is 5.84. The van der Waals surface area contributed by atoms with Gasteiger partial charge in [0.25, 0.3) is 5.91 Å². The molecule has 2 amide bonds. The van der Waals surface area contributed by atoms with Crippen molar-refractivity contribution in [3.05, 3.63) is 71.7 Å². The number of primary amides is 1. The van der Waals surface area contributed by atoms with Crippen LogP contribution in [0.2, 0.25) is 5.02 Å². The third-order valence-electron chi connectivity index (χ3n) is 5.46. The lowest BCUT2D eigenvalue weighted by atomic mass is 10.00. The summed E-state index contributed by atoms with van der Waals surface area (Å²) in [6, 6.07) is 9.86. The Morgan fingerprint density at radius 1 is 1.10 bits per heavy atom. The number of anilines is 1. The highest BCUT2D eigenvalue weighted by Crippen LogP contribution is 2.39. The highest BCUT2D eigenvalue weighted by Gasteiger charge is 2.26. The number of nitrogens with zero attached hydrogens (tertiary/aromatic N) is 3. The van der Waals surface area contributed by atoms with E-state index in [-0.39, 0.29) is 17.3 Å². The van der Waals surface area contributed by atoms with E-state index in [0.717, 1.165) is 0 Å². The molecule has 2 heterocycles. The van der Waals surface area contributed by atoms with Crippen molar-refractivity contribution >= 4 is 40.0 Å². The number of piperazine rings is 1. The molecule has 0 aliphatic carbocycles. The van der Waals surface area contributed by atoms with Crippen molar-refractivity contribution in [2.24, 2.45) is 5.73 Å². The molecular formula is C23H20ClFN4O2. The summed E-state index contributed by atoms with van der Waals surface area (Å²) < 4.78 is 14.3. The van der Waals surface area contributed by atoms with Gasteiger partial charge in [-0.15, -0.1) is 0 Å². The molecule has 1 aliphatic heterocycles. The fourth-order valence-corrected chi connectivity index (χ4v) is 4.22. The molecule has 1 aliphatic rings. The zero-order chi connectivity index (χ0) is 22.1. The molecule has 0 bridgehead atoms. The Hall–Kier alpha value is -3.45. The summed E-state index contributed by atoms with van der Waals surface area (Å²) >= 11 is 6.65. The van der Waals surface area contributed by atoms with Crippen molar-refractivity contribution in [2.45, 2.75) is 0 Å².